The van der Waals surface area contributed by atoms with Crippen molar-refractivity contribution in [3.8, 4) is 0 Å². The molecule has 0 aromatic heterocycles. The molecular formula is C21H22O3. The van der Waals surface area contributed by atoms with Crippen molar-refractivity contribution < 1.29 is 14.3 Å². The van der Waals surface area contributed by atoms with Gasteiger partial charge in [0.25, 0.3) is 0 Å². The van der Waals surface area contributed by atoms with Crippen molar-refractivity contribution in [3.05, 3.63) is 71.8 Å². The number of benzene rings is 2. The Morgan fingerprint density at radius 2 is 1.58 bits per heavy atom. The first-order valence-electron chi connectivity index (χ1n) is 8.51. The Kier molecular flexibility index (Phi) is 5.09. The second-order valence-corrected chi connectivity index (χ2v) is 6.27. The van der Waals surface area contributed by atoms with Crippen molar-refractivity contribution in [2.24, 2.45) is 5.92 Å². The van der Waals surface area contributed by atoms with Crippen LogP contribution < -0.4 is 0 Å². The summed E-state index contributed by atoms with van der Waals surface area (Å²) in [6.07, 6.45) is 1.14. The molecule has 1 aliphatic carbocycles. The molecule has 3 nitrogen and oxygen atoms in total. The van der Waals surface area contributed by atoms with Gasteiger partial charge in [0.1, 0.15) is 11.7 Å². The van der Waals surface area contributed by atoms with Crippen molar-refractivity contribution in [2.75, 3.05) is 6.61 Å². The van der Waals surface area contributed by atoms with Gasteiger partial charge >= 0.3 is 5.97 Å². The quantitative estimate of drug-likeness (QED) is 0.615. The largest absolute Gasteiger partial charge is 0.465 e. The SMILES string of the molecule is CCCOC(=O)[C@@H]1C(=O)C[C@@H](c2ccccc2)[C@@H]1c1ccccc1. The van der Waals surface area contributed by atoms with E-state index >= 15 is 0 Å². The van der Waals surface area contributed by atoms with Crippen LogP contribution in [0, 0.1) is 5.92 Å². The fourth-order valence-electron chi connectivity index (χ4n) is 3.60. The summed E-state index contributed by atoms with van der Waals surface area (Å²) in [6, 6.07) is 19.8. The number of carbonyl (C=O) groups is 2. The predicted molar refractivity (Wildman–Crippen MR) is 92.7 cm³/mol. The molecule has 3 heteroatoms. The van der Waals surface area contributed by atoms with Gasteiger partial charge in [0.15, 0.2) is 0 Å². The molecule has 0 unspecified atom stereocenters. The first-order valence-corrected chi connectivity index (χ1v) is 8.51. The van der Waals surface area contributed by atoms with Gasteiger partial charge in [0.2, 0.25) is 0 Å². The van der Waals surface area contributed by atoms with Crippen molar-refractivity contribution in [1.29, 1.82) is 0 Å². The molecular weight excluding hydrogens is 300 g/mol. The Morgan fingerprint density at radius 3 is 2.17 bits per heavy atom. The van der Waals surface area contributed by atoms with Crippen LogP contribution in [0.3, 0.4) is 0 Å². The molecule has 0 saturated heterocycles. The highest BCUT2D eigenvalue weighted by Gasteiger charge is 2.48. The van der Waals surface area contributed by atoms with E-state index in [9.17, 15) is 9.59 Å². The standard InChI is InChI=1S/C21H22O3/c1-2-13-24-21(23)20-18(22)14-17(15-9-5-3-6-10-15)19(20)16-11-7-4-8-12-16/h3-12,17,19-20H,2,13-14H2,1H3/t17-,19-,20+/m0/s1. The molecule has 0 heterocycles. The van der Waals surface area contributed by atoms with E-state index in [-0.39, 0.29) is 23.6 Å². The number of Topliss-reactive ketones (excluding diaryl/α,β-unsaturated/α-hetero) is 1. The molecule has 2 aromatic carbocycles. The summed E-state index contributed by atoms with van der Waals surface area (Å²) in [4.78, 5) is 25.2. The zero-order valence-electron chi connectivity index (χ0n) is 13.9. The van der Waals surface area contributed by atoms with E-state index in [0.29, 0.717) is 13.0 Å². The molecule has 3 rings (SSSR count). The number of hydrogen-bond acceptors (Lipinski definition) is 3. The maximum atomic E-state index is 12.6. The van der Waals surface area contributed by atoms with Crippen molar-refractivity contribution in [2.45, 2.75) is 31.6 Å². The molecule has 24 heavy (non-hydrogen) atoms. The normalized spacial score (nSPS) is 23.2. The first kappa shape index (κ1) is 16.4. The van der Waals surface area contributed by atoms with Crippen molar-refractivity contribution in [1.82, 2.24) is 0 Å². The molecule has 0 aliphatic heterocycles. The third kappa shape index (κ3) is 3.25. The van der Waals surface area contributed by atoms with Gasteiger partial charge in [-0.25, -0.2) is 0 Å². The monoisotopic (exact) mass is 322 g/mol. The maximum Gasteiger partial charge on any atom is 0.317 e. The summed E-state index contributed by atoms with van der Waals surface area (Å²) in [5.41, 5.74) is 2.13. The Labute approximate surface area is 142 Å². The van der Waals surface area contributed by atoms with E-state index in [1.165, 1.54) is 0 Å². The van der Waals surface area contributed by atoms with E-state index in [2.05, 4.69) is 0 Å². The van der Waals surface area contributed by atoms with Crippen LogP contribution in [0.4, 0.5) is 0 Å². The second kappa shape index (κ2) is 7.43. The number of rotatable bonds is 5. The molecule has 3 atom stereocenters. The van der Waals surface area contributed by atoms with Crippen LogP contribution in [0.25, 0.3) is 0 Å². The fourth-order valence-corrected chi connectivity index (χ4v) is 3.60. The van der Waals surface area contributed by atoms with Crippen LogP contribution in [-0.2, 0) is 14.3 Å². The minimum atomic E-state index is -0.704. The maximum absolute atomic E-state index is 12.6. The van der Waals surface area contributed by atoms with Crippen molar-refractivity contribution >= 4 is 11.8 Å². The van der Waals surface area contributed by atoms with Crippen molar-refractivity contribution in [3.63, 3.8) is 0 Å². The number of carbonyl (C=O) groups excluding carboxylic acids is 2. The Balaban J connectivity index is 1.98. The van der Waals surface area contributed by atoms with E-state index in [1.54, 1.807) is 0 Å². The van der Waals surface area contributed by atoms with E-state index in [1.807, 2.05) is 67.6 Å². The van der Waals surface area contributed by atoms with Gasteiger partial charge in [-0.3, -0.25) is 9.59 Å². The molecule has 0 N–H and O–H groups in total. The van der Waals surface area contributed by atoms with Gasteiger partial charge in [0.05, 0.1) is 6.61 Å². The van der Waals surface area contributed by atoms with Gasteiger partial charge in [-0.1, -0.05) is 67.6 Å². The van der Waals surface area contributed by atoms with Crippen LogP contribution in [0.5, 0.6) is 0 Å². The van der Waals surface area contributed by atoms with Crippen LogP contribution in [0.15, 0.2) is 60.7 Å². The first-order chi connectivity index (χ1) is 11.7. The second-order valence-electron chi connectivity index (χ2n) is 6.27. The third-order valence-corrected chi connectivity index (χ3v) is 4.68. The predicted octanol–water partition coefficient (Wildman–Crippen LogP) is 4.10. The van der Waals surface area contributed by atoms with E-state index < -0.39 is 5.92 Å². The van der Waals surface area contributed by atoms with Gasteiger partial charge in [-0.05, 0) is 23.5 Å². The highest BCUT2D eigenvalue weighted by atomic mass is 16.5. The lowest BCUT2D eigenvalue weighted by Gasteiger charge is -2.24. The average molecular weight is 322 g/mol. The van der Waals surface area contributed by atoms with Crippen LogP contribution in [-0.4, -0.2) is 18.4 Å². The Bertz CT molecular complexity index is 694. The summed E-state index contributed by atoms with van der Waals surface area (Å²) in [7, 11) is 0. The van der Waals surface area contributed by atoms with E-state index in [0.717, 1.165) is 17.5 Å². The smallest absolute Gasteiger partial charge is 0.317 e. The molecule has 0 radical (unpaired) electrons. The molecule has 0 amide bonds. The zero-order chi connectivity index (χ0) is 16.9. The molecule has 0 spiro atoms. The minimum absolute atomic E-state index is 0.0141. The number of hydrogen-bond donors (Lipinski definition) is 0. The number of ketones is 1. The lowest BCUT2D eigenvalue weighted by molar-refractivity contribution is -0.151. The Hall–Kier alpha value is -2.42. The molecule has 1 aliphatic rings. The third-order valence-electron chi connectivity index (χ3n) is 4.68. The van der Waals surface area contributed by atoms with Crippen LogP contribution in [0.1, 0.15) is 42.7 Å². The van der Waals surface area contributed by atoms with Crippen LogP contribution in [0.2, 0.25) is 0 Å². The fraction of sp³-hybridized carbons (Fsp3) is 0.333. The number of esters is 1. The Morgan fingerprint density at radius 1 is 1.00 bits per heavy atom. The van der Waals surface area contributed by atoms with Crippen LogP contribution >= 0.6 is 0 Å². The minimum Gasteiger partial charge on any atom is -0.465 e. The lowest BCUT2D eigenvalue weighted by atomic mass is 9.80. The summed E-state index contributed by atoms with van der Waals surface area (Å²) < 4.78 is 5.32. The molecule has 124 valence electrons. The summed E-state index contributed by atoms with van der Waals surface area (Å²) in [6.45, 7) is 2.31. The van der Waals surface area contributed by atoms with Gasteiger partial charge < -0.3 is 4.74 Å². The number of ether oxygens (including phenoxy) is 1. The average Bonchev–Trinajstić information content (AvgIpc) is 2.98. The molecule has 1 saturated carbocycles. The summed E-state index contributed by atoms with van der Waals surface area (Å²) >= 11 is 0. The summed E-state index contributed by atoms with van der Waals surface area (Å²) in [5.74, 6) is -1.25. The molecule has 2 aromatic rings. The zero-order valence-corrected chi connectivity index (χ0v) is 13.9. The van der Waals surface area contributed by atoms with Gasteiger partial charge in [0, 0.05) is 12.3 Å². The molecule has 0 bridgehead atoms. The summed E-state index contributed by atoms with van der Waals surface area (Å²) in [5, 5.41) is 0. The van der Waals surface area contributed by atoms with Gasteiger partial charge in [-0.2, -0.15) is 0 Å². The highest BCUT2D eigenvalue weighted by Crippen LogP contribution is 2.48. The van der Waals surface area contributed by atoms with E-state index in [4.69, 9.17) is 4.74 Å². The van der Waals surface area contributed by atoms with Gasteiger partial charge in [-0.15, -0.1) is 0 Å². The lowest BCUT2D eigenvalue weighted by Crippen LogP contribution is -2.27. The topological polar surface area (TPSA) is 43.4 Å². The highest BCUT2D eigenvalue weighted by molar-refractivity contribution is 6.02. The molecule has 1 fully saturated rings.